The summed E-state index contributed by atoms with van der Waals surface area (Å²) in [4.78, 5) is 4.23. The molecule has 142 valence electrons. The van der Waals surface area contributed by atoms with Crippen LogP contribution in [-0.2, 0) is 16.0 Å². The fraction of sp³-hybridized carbons (Fsp3) is 0.632. The third kappa shape index (κ3) is 8.74. The van der Waals surface area contributed by atoms with Crippen LogP contribution in [0.3, 0.4) is 0 Å². The second-order valence-electron chi connectivity index (χ2n) is 5.91. The molecule has 6 nitrogen and oxygen atoms in total. The third-order valence-electron chi connectivity index (χ3n) is 3.77. The van der Waals surface area contributed by atoms with Crippen LogP contribution in [0.15, 0.2) is 23.2 Å². The van der Waals surface area contributed by atoms with Gasteiger partial charge in [-0.2, -0.15) is 0 Å². The molecule has 0 bridgehead atoms. The second kappa shape index (κ2) is 12.6. The zero-order chi connectivity index (χ0) is 18.5. The maximum Gasteiger partial charge on any atom is 0.191 e. The highest BCUT2D eigenvalue weighted by Crippen LogP contribution is 2.22. The molecule has 0 aromatic heterocycles. The predicted molar refractivity (Wildman–Crippen MR) is 102 cm³/mol. The Morgan fingerprint density at radius 3 is 2.68 bits per heavy atom. The van der Waals surface area contributed by atoms with Gasteiger partial charge in [0.05, 0.1) is 25.9 Å². The number of aryl methyl sites for hydroxylation is 1. The summed E-state index contributed by atoms with van der Waals surface area (Å²) in [7, 11) is 3.42. The van der Waals surface area contributed by atoms with Gasteiger partial charge in [-0.1, -0.05) is 19.1 Å². The zero-order valence-corrected chi connectivity index (χ0v) is 16.2. The number of methoxy groups -OCH3 is 1. The summed E-state index contributed by atoms with van der Waals surface area (Å²) < 4.78 is 16.4. The summed E-state index contributed by atoms with van der Waals surface area (Å²) in [5, 5.41) is 6.55. The minimum atomic E-state index is 0.197. The van der Waals surface area contributed by atoms with Crippen molar-refractivity contribution in [1.82, 2.24) is 10.6 Å². The van der Waals surface area contributed by atoms with Gasteiger partial charge in [-0.25, -0.2) is 0 Å². The van der Waals surface area contributed by atoms with Crippen molar-refractivity contribution < 1.29 is 14.2 Å². The first-order valence-electron chi connectivity index (χ1n) is 8.88. The maximum absolute atomic E-state index is 6.05. The predicted octanol–water partition coefficient (Wildman–Crippen LogP) is 2.50. The molecule has 0 saturated carbocycles. The maximum atomic E-state index is 6.05. The summed E-state index contributed by atoms with van der Waals surface area (Å²) in [6.07, 6.45) is 1.18. The largest absolute Gasteiger partial charge is 0.490 e. The van der Waals surface area contributed by atoms with Crippen LogP contribution >= 0.6 is 0 Å². The summed E-state index contributed by atoms with van der Waals surface area (Å²) in [5.41, 5.74) is 2.31. The molecule has 0 radical (unpaired) electrons. The van der Waals surface area contributed by atoms with Crippen LogP contribution < -0.4 is 15.4 Å². The molecule has 25 heavy (non-hydrogen) atoms. The smallest absolute Gasteiger partial charge is 0.191 e. The Kier molecular flexibility index (Phi) is 10.7. The van der Waals surface area contributed by atoms with E-state index in [0.717, 1.165) is 23.7 Å². The van der Waals surface area contributed by atoms with Gasteiger partial charge in [0, 0.05) is 32.8 Å². The van der Waals surface area contributed by atoms with Gasteiger partial charge in [-0.15, -0.1) is 0 Å². The number of ether oxygens (including phenoxy) is 3. The van der Waals surface area contributed by atoms with Crippen molar-refractivity contribution >= 4 is 5.96 Å². The summed E-state index contributed by atoms with van der Waals surface area (Å²) >= 11 is 0. The average molecular weight is 351 g/mol. The number of aliphatic imine (C=N–C) groups is 1. The summed E-state index contributed by atoms with van der Waals surface area (Å²) in [6, 6.07) is 6.28. The van der Waals surface area contributed by atoms with E-state index in [2.05, 4.69) is 54.6 Å². The van der Waals surface area contributed by atoms with Gasteiger partial charge in [-0.05, 0) is 31.9 Å². The lowest BCUT2D eigenvalue weighted by atomic mass is 10.1. The molecule has 1 rings (SSSR count). The molecular formula is C19H33N3O3. The van der Waals surface area contributed by atoms with Crippen molar-refractivity contribution in [1.29, 1.82) is 0 Å². The van der Waals surface area contributed by atoms with Gasteiger partial charge in [0.1, 0.15) is 5.75 Å². The number of hydrogen-bond donors (Lipinski definition) is 2. The lowest BCUT2D eigenvalue weighted by Gasteiger charge is -2.18. The first kappa shape index (κ1) is 21.3. The van der Waals surface area contributed by atoms with E-state index in [1.54, 1.807) is 14.2 Å². The normalized spacial score (nSPS) is 12.8. The monoisotopic (exact) mass is 351 g/mol. The SMILES string of the molecule is CCC(C)Oc1cc(C)ccc1CNC(=NC)NCCOCCOC. The number of guanidine groups is 1. The minimum absolute atomic E-state index is 0.197. The standard InChI is InChI=1S/C19H33N3O3/c1-6-16(3)25-18-13-15(2)7-8-17(18)14-22-19(20-4)21-9-10-24-12-11-23-5/h7-8,13,16H,6,9-12,14H2,1-5H3,(H2,20,21,22). The Morgan fingerprint density at radius 2 is 2.00 bits per heavy atom. The van der Waals surface area contributed by atoms with E-state index in [-0.39, 0.29) is 6.10 Å². The van der Waals surface area contributed by atoms with E-state index >= 15 is 0 Å². The van der Waals surface area contributed by atoms with Gasteiger partial charge in [0.2, 0.25) is 0 Å². The Hall–Kier alpha value is -1.79. The fourth-order valence-corrected chi connectivity index (χ4v) is 2.10. The van der Waals surface area contributed by atoms with Crippen molar-refractivity contribution in [2.45, 2.75) is 39.8 Å². The molecule has 6 heteroatoms. The van der Waals surface area contributed by atoms with Gasteiger partial charge < -0.3 is 24.8 Å². The molecule has 1 aromatic rings. The lowest BCUT2D eigenvalue weighted by Crippen LogP contribution is -2.38. The molecule has 0 saturated heterocycles. The van der Waals surface area contributed by atoms with Crippen molar-refractivity contribution in [2.75, 3.05) is 40.5 Å². The molecule has 0 amide bonds. The molecule has 2 N–H and O–H groups in total. The van der Waals surface area contributed by atoms with E-state index in [9.17, 15) is 0 Å². The Bertz CT molecular complexity index is 521. The highest BCUT2D eigenvalue weighted by atomic mass is 16.5. The van der Waals surface area contributed by atoms with Crippen LogP contribution in [0.1, 0.15) is 31.4 Å². The number of benzene rings is 1. The number of rotatable bonds is 11. The topological polar surface area (TPSA) is 64.1 Å². The van der Waals surface area contributed by atoms with Crippen LogP contribution in [-0.4, -0.2) is 52.6 Å². The molecule has 0 spiro atoms. The fourth-order valence-electron chi connectivity index (χ4n) is 2.10. The molecule has 0 heterocycles. The van der Waals surface area contributed by atoms with Crippen molar-refractivity contribution in [3.63, 3.8) is 0 Å². The Morgan fingerprint density at radius 1 is 1.20 bits per heavy atom. The van der Waals surface area contributed by atoms with Gasteiger partial charge in [0.25, 0.3) is 0 Å². The van der Waals surface area contributed by atoms with Crippen LogP contribution in [0.5, 0.6) is 5.75 Å². The molecule has 1 unspecified atom stereocenters. The number of nitrogens with zero attached hydrogens (tertiary/aromatic N) is 1. The Labute approximate surface area is 152 Å². The molecular weight excluding hydrogens is 318 g/mol. The third-order valence-corrected chi connectivity index (χ3v) is 3.77. The average Bonchev–Trinajstić information content (AvgIpc) is 2.61. The van der Waals surface area contributed by atoms with Crippen molar-refractivity contribution in [2.24, 2.45) is 4.99 Å². The second-order valence-corrected chi connectivity index (χ2v) is 5.91. The zero-order valence-electron chi connectivity index (χ0n) is 16.2. The minimum Gasteiger partial charge on any atom is -0.490 e. The van der Waals surface area contributed by atoms with Gasteiger partial charge in [0.15, 0.2) is 5.96 Å². The van der Waals surface area contributed by atoms with Gasteiger partial charge >= 0.3 is 0 Å². The molecule has 0 aliphatic heterocycles. The highest BCUT2D eigenvalue weighted by molar-refractivity contribution is 5.79. The molecule has 1 aromatic carbocycles. The highest BCUT2D eigenvalue weighted by Gasteiger charge is 2.08. The van der Waals surface area contributed by atoms with Crippen LogP contribution in [0.25, 0.3) is 0 Å². The first-order chi connectivity index (χ1) is 12.1. The van der Waals surface area contributed by atoms with Crippen molar-refractivity contribution in [3.8, 4) is 5.75 Å². The number of nitrogens with one attached hydrogen (secondary N) is 2. The van der Waals surface area contributed by atoms with E-state index in [1.807, 2.05) is 0 Å². The quantitative estimate of drug-likeness (QED) is 0.364. The van der Waals surface area contributed by atoms with Crippen molar-refractivity contribution in [3.05, 3.63) is 29.3 Å². The summed E-state index contributed by atoms with van der Waals surface area (Å²) in [6.45, 7) is 9.44. The molecule has 0 aliphatic rings. The summed E-state index contributed by atoms with van der Waals surface area (Å²) in [5.74, 6) is 1.67. The van der Waals surface area contributed by atoms with Crippen LogP contribution in [0.2, 0.25) is 0 Å². The Balaban J connectivity index is 2.49. The van der Waals surface area contributed by atoms with Gasteiger partial charge in [-0.3, -0.25) is 4.99 Å². The van der Waals surface area contributed by atoms with Crippen LogP contribution in [0.4, 0.5) is 0 Å². The van der Waals surface area contributed by atoms with E-state index in [1.165, 1.54) is 5.56 Å². The molecule has 0 fully saturated rings. The molecule has 0 aliphatic carbocycles. The lowest BCUT2D eigenvalue weighted by molar-refractivity contribution is 0.0733. The molecule has 1 atom stereocenters. The van der Waals surface area contributed by atoms with E-state index in [0.29, 0.717) is 32.9 Å². The van der Waals surface area contributed by atoms with E-state index < -0.39 is 0 Å². The number of hydrogen-bond acceptors (Lipinski definition) is 4. The van der Waals surface area contributed by atoms with E-state index in [4.69, 9.17) is 14.2 Å². The van der Waals surface area contributed by atoms with Crippen LogP contribution in [0, 0.1) is 6.92 Å². The first-order valence-corrected chi connectivity index (χ1v) is 8.88.